The van der Waals surface area contributed by atoms with E-state index in [9.17, 15) is 19.7 Å². The Morgan fingerprint density at radius 1 is 1.29 bits per heavy atom. The number of esters is 1. The molecule has 0 heterocycles. The van der Waals surface area contributed by atoms with Gasteiger partial charge in [-0.2, -0.15) is 0 Å². The number of ether oxygens (including phenoxy) is 2. The fraction of sp³-hybridized carbons (Fsp3) is 0.375. The van der Waals surface area contributed by atoms with E-state index in [1.54, 1.807) is 26.8 Å². The van der Waals surface area contributed by atoms with Crippen LogP contribution in [0.4, 0.5) is 10.5 Å². The van der Waals surface area contributed by atoms with Crippen molar-refractivity contribution in [3.63, 3.8) is 0 Å². The van der Waals surface area contributed by atoms with Crippen LogP contribution in [0.3, 0.4) is 0 Å². The number of benzene rings is 1. The number of nitrogens with zero attached hydrogens (tertiary/aromatic N) is 1. The molecule has 0 fully saturated rings. The number of nitro benzene ring substituents is 1. The summed E-state index contributed by atoms with van der Waals surface area (Å²) < 4.78 is 9.02. The highest BCUT2D eigenvalue weighted by Gasteiger charge is 2.12. The molecule has 2 N–H and O–H groups in total. The van der Waals surface area contributed by atoms with Crippen LogP contribution in [0.15, 0.2) is 24.3 Å². The molecule has 0 saturated heterocycles. The number of methoxy groups -OCH3 is 1. The molecule has 132 valence electrons. The highest BCUT2D eigenvalue weighted by atomic mass is 16.6. The van der Waals surface area contributed by atoms with E-state index in [0.29, 0.717) is 5.56 Å². The Bertz CT molecular complexity index is 575. The Morgan fingerprint density at radius 3 is 2.17 bits per heavy atom. The monoisotopic (exact) mass is 338 g/mol. The lowest BCUT2D eigenvalue weighted by Crippen LogP contribution is -2.27. The first-order valence-electron chi connectivity index (χ1n) is 6.67. The summed E-state index contributed by atoms with van der Waals surface area (Å²) in [7, 11) is 1.28. The van der Waals surface area contributed by atoms with Crippen molar-refractivity contribution in [2.24, 2.45) is 5.73 Å². The number of nitrogens with two attached hydrogens (primary N) is 1. The number of carbonyl (C=O) groups excluding carboxylic acids is 2. The molecule has 0 aliphatic rings. The summed E-state index contributed by atoms with van der Waals surface area (Å²) in [5, 5.41) is 10.4. The van der Waals surface area contributed by atoms with Gasteiger partial charge in [0.15, 0.2) is 0 Å². The summed E-state index contributed by atoms with van der Waals surface area (Å²) in [6, 6.07) is 5.91. The van der Waals surface area contributed by atoms with Gasteiger partial charge < -0.3 is 15.2 Å². The van der Waals surface area contributed by atoms with Crippen molar-refractivity contribution < 1.29 is 24.0 Å². The Labute approximate surface area is 141 Å². The molecule has 0 aliphatic heterocycles. The number of hydrogen-bond acceptors (Lipinski definition) is 6. The SMILES string of the molecule is C#C.CC(C)(C)OC(N)=O.COC(=O)Cc1cccc([N+](=O)[O-])c1. The van der Waals surface area contributed by atoms with Gasteiger partial charge in [-0.3, -0.25) is 14.9 Å². The zero-order valence-electron chi connectivity index (χ0n) is 14.1. The minimum absolute atomic E-state index is 0.0218. The fourth-order valence-corrected chi connectivity index (χ4v) is 1.32. The zero-order chi connectivity index (χ0) is 19.3. The van der Waals surface area contributed by atoms with Crippen molar-refractivity contribution in [2.45, 2.75) is 32.8 Å². The van der Waals surface area contributed by atoms with Crippen molar-refractivity contribution in [1.29, 1.82) is 0 Å². The number of non-ortho nitro benzene ring substituents is 1. The predicted octanol–water partition coefficient (Wildman–Crippen LogP) is 2.44. The minimum atomic E-state index is -0.725. The first-order chi connectivity index (χ1) is 11.0. The van der Waals surface area contributed by atoms with Crippen molar-refractivity contribution in [1.82, 2.24) is 0 Å². The van der Waals surface area contributed by atoms with Crippen molar-refractivity contribution in [2.75, 3.05) is 7.11 Å². The number of terminal acetylenes is 1. The van der Waals surface area contributed by atoms with Crippen LogP contribution in [0.2, 0.25) is 0 Å². The van der Waals surface area contributed by atoms with Crippen LogP contribution in [0, 0.1) is 23.0 Å². The third-order valence-corrected chi connectivity index (χ3v) is 2.10. The number of hydrogen-bond donors (Lipinski definition) is 1. The summed E-state index contributed by atoms with van der Waals surface area (Å²) in [5.74, 6) is -0.412. The van der Waals surface area contributed by atoms with Gasteiger partial charge in [0.25, 0.3) is 5.69 Å². The standard InChI is InChI=1S/C9H9NO4.C5H11NO2.C2H2/c1-14-9(11)6-7-3-2-4-8(5-7)10(12)13;1-5(2,3)8-4(6)7;1-2/h2-5H,6H2,1H3;1-3H3,(H2,6,7);1-2H. The third-order valence-electron chi connectivity index (χ3n) is 2.10. The van der Waals surface area contributed by atoms with Gasteiger partial charge in [-0.25, -0.2) is 4.79 Å². The maximum absolute atomic E-state index is 10.9. The molecule has 0 aromatic heterocycles. The molecule has 1 amide bonds. The number of primary amides is 1. The Morgan fingerprint density at radius 2 is 1.83 bits per heavy atom. The number of nitro groups is 1. The number of amides is 1. The molecule has 0 bridgehead atoms. The smallest absolute Gasteiger partial charge is 0.405 e. The lowest BCUT2D eigenvalue weighted by atomic mass is 10.1. The topological polar surface area (TPSA) is 122 Å². The molecule has 1 aromatic carbocycles. The van der Waals surface area contributed by atoms with Crippen LogP contribution in [0.5, 0.6) is 0 Å². The third kappa shape index (κ3) is 12.6. The Balaban J connectivity index is 0. The van der Waals surface area contributed by atoms with E-state index in [4.69, 9.17) is 5.73 Å². The van der Waals surface area contributed by atoms with E-state index >= 15 is 0 Å². The molecule has 0 unspecified atom stereocenters. The summed E-state index contributed by atoms with van der Waals surface area (Å²) >= 11 is 0. The van der Waals surface area contributed by atoms with E-state index < -0.39 is 22.6 Å². The quantitative estimate of drug-likeness (QED) is 0.391. The average molecular weight is 338 g/mol. The fourth-order valence-electron chi connectivity index (χ4n) is 1.32. The van der Waals surface area contributed by atoms with Gasteiger partial charge in [0, 0.05) is 12.1 Å². The Hall–Kier alpha value is -3.08. The zero-order valence-corrected chi connectivity index (χ0v) is 14.1. The van der Waals surface area contributed by atoms with Crippen molar-refractivity contribution >= 4 is 17.7 Å². The van der Waals surface area contributed by atoms with Gasteiger partial charge >= 0.3 is 12.1 Å². The van der Waals surface area contributed by atoms with Crippen LogP contribution in [0.1, 0.15) is 26.3 Å². The maximum atomic E-state index is 10.9. The molecular formula is C16H22N2O6. The second-order valence-electron chi connectivity index (χ2n) is 5.21. The van der Waals surface area contributed by atoms with Crippen LogP contribution in [-0.4, -0.2) is 29.7 Å². The van der Waals surface area contributed by atoms with E-state index in [2.05, 4.69) is 22.3 Å². The molecule has 24 heavy (non-hydrogen) atoms. The lowest BCUT2D eigenvalue weighted by Gasteiger charge is -2.16. The largest absolute Gasteiger partial charge is 0.469 e. The number of carbonyl (C=O) groups is 2. The normalized spacial score (nSPS) is 9.25. The van der Waals surface area contributed by atoms with Gasteiger partial charge in [0.2, 0.25) is 0 Å². The van der Waals surface area contributed by atoms with Crippen LogP contribution in [-0.2, 0) is 20.7 Å². The molecule has 0 saturated carbocycles. The molecule has 0 aliphatic carbocycles. The van der Waals surface area contributed by atoms with Crippen LogP contribution in [0.25, 0.3) is 0 Å². The first-order valence-corrected chi connectivity index (χ1v) is 6.67. The van der Waals surface area contributed by atoms with E-state index in [1.165, 1.54) is 25.3 Å². The molecule has 8 heteroatoms. The van der Waals surface area contributed by atoms with Crippen LogP contribution < -0.4 is 5.73 Å². The average Bonchev–Trinajstić information content (AvgIpc) is 2.47. The highest BCUT2D eigenvalue weighted by Crippen LogP contribution is 2.13. The number of rotatable bonds is 3. The molecule has 8 nitrogen and oxygen atoms in total. The van der Waals surface area contributed by atoms with Crippen molar-refractivity contribution in [3.05, 3.63) is 39.9 Å². The van der Waals surface area contributed by atoms with Crippen molar-refractivity contribution in [3.8, 4) is 12.8 Å². The summed E-state index contributed by atoms with van der Waals surface area (Å²) in [5.41, 5.74) is 4.82. The van der Waals surface area contributed by atoms with Crippen LogP contribution >= 0.6 is 0 Å². The molecule has 0 atom stereocenters. The molecule has 1 aromatic rings. The second kappa shape index (κ2) is 11.5. The summed E-state index contributed by atoms with van der Waals surface area (Å²) in [6.07, 6.45) is 7.33. The van der Waals surface area contributed by atoms with Gasteiger partial charge in [-0.1, -0.05) is 12.1 Å². The molecule has 0 radical (unpaired) electrons. The second-order valence-corrected chi connectivity index (χ2v) is 5.21. The summed E-state index contributed by atoms with van der Waals surface area (Å²) in [4.78, 5) is 30.8. The van der Waals surface area contributed by atoms with Gasteiger partial charge in [0.1, 0.15) is 5.60 Å². The van der Waals surface area contributed by atoms with E-state index in [1.807, 2.05) is 0 Å². The molecular weight excluding hydrogens is 316 g/mol. The minimum Gasteiger partial charge on any atom is -0.469 e. The lowest BCUT2D eigenvalue weighted by molar-refractivity contribution is -0.384. The van der Waals surface area contributed by atoms with Gasteiger partial charge in [0.05, 0.1) is 18.5 Å². The van der Waals surface area contributed by atoms with Gasteiger partial charge in [-0.15, -0.1) is 12.8 Å². The predicted molar refractivity (Wildman–Crippen MR) is 89.1 cm³/mol. The van der Waals surface area contributed by atoms with E-state index in [-0.39, 0.29) is 12.1 Å². The molecule has 0 spiro atoms. The Kier molecular flexibility index (Phi) is 11.1. The maximum Gasteiger partial charge on any atom is 0.405 e. The van der Waals surface area contributed by atoms with Gasteiger partial charge in [-0.05, 0) is 26.3 Å². The summed E-state index contributed by atoms with van der Waals surface area (Å²) in [6.45, 7) is 5.28. The molecule has 1 rings (SSSR count). The highest BCUT2D eigenvalue weighted by molar-refractivity contribution is 5.72. The van der Waals surface area contributed by atoms with E-state index in [0.717, 1.165) is 0 Å². The first kappa shape index (κ1) is 23.2.